The van der Waals surface area contributed by atoms with Crippen LogP contribution in [0.2, 0.25) is 51.4 Å². The maximum atomic E-state index is 6.11. The Morgan fingerprint density at radius 1 is 0.533 bits per heavy atom. The predicted octanol–water partition coefficient (Wildman–Crippen LogP) is 15.0. The molecular formula is C69H85BrN14O4Si2. The third-order valence-electron chi connectivity index (χ3n) is 18.1. The number of ether oxygens (including phenoxy) is 4. The van der Waals surface area contributed by atoms with Crippen LogP contribution in [0.5, 0.6) is 0 Å². The summed E-state index contributed by atoms with van der Waals surface area (Å²) >= 11 is 3.70. The minimum atomic E-state index is -1.17. The summed E-state index contributed by atoms with van der Waals surface area (Å²) < 4.78 is 37.4. The number of benzene rings is 4. The van der Waals surface area contributed by atoms with Crippen LogP contribution >= 0.6 is 15.9 Å². The summed E-state index contributed by atoms with van der Waals surface area (Å²) in [6.45, 7) is 25.8. The number of fused-ring (bicyclic) bond motifs is 10. The highest BCUT2D eigenvalue weighted by atomic mass is 79.9. The molecule has 2 aliphatic rings. The van der Waals surface area contributed by atoms with Gasteiger partial charge in [0.2, 0.25) is 0 Å². The quantitative estimate of drug-likeness (QED) is 0.0625. The predicted molar refractivity (Wildman–Crippen MR) is 368 cm³/mol. The third-order valence-corrected chi connectivity index (χ3v) is 22.0. The topological polar surface area (TPSA) is 170 Å². The molecule has 2 atom stereocenters. The van der Waals surface area contributed by atoms with Crippen molar-refractivity contribution < 1.29 is 18.9 Å². The Hall–Kier alpha value is -7.25. The van der Waals surface area contributed by atoms with Gasteiger partial charge in [-0.25, -0.2) is 14.0 Å². The maximum Gasteiger partial charge on any atom is 0.139 e. The molecule has 0 bridgehead atoms. The Balaban J connectivity index is 0.000000156. The van der Waals surface area contributed by atoms with Crippen LogP contribution in [0.1, 0.15) is 66.0 Å². The van der Waals surface area contributed by atoms with Crippen LogP contribution in [0.3, 0.4) is 0 Å². The summed E-state index contributed by atoms with van der Waals surface area (Å²) in [5, 5.41) is 30.3. The molecule has 8 aromatic heterocycles. The fourth-order valence-electron chi connectivity index (χ4n) is 13.1. The first-order valence-electron chi connectivity index (χ1n) is 31.7. The van der Waals surface area contributed by atoms with Gasteiger partial charge in [0.1, 0.15) is 13.5 Å². The second kappa shape index (κ2) is 26.9. The Morgan fingerprint density at radius 2 is 0.978 bits per heavy atom. The lowest BCUT2D eigenvalue weighted by molar-refractivity contribution is 0.0552. The molecule has 90 heavy (non-hydrogen) atoms. The van der Waals surface area contributed by atoms with Gasteiger partial charge >= 0.3 is 0 Å². The third kappa shape index (κ3) is 13.3. The highest BCUT2D eigenvalue weighted by Crippen LogP contribution is 2.45. The zero-order valence-electron chi connectivity index (χ0n) is 54.0. The van der Waals surface area contributed by atoms with Crippen LogP contribution in [0.15, 0.2) is 126 Å². The van der Waals surface area contributed by atoms with E-state index < -0.39 is 16.1 Å². The molecule has 0 aliphatic carbocycles. The van der Waals surface area contributed by atoms with Crippen molar-refractivity contribution in [3.8, 4) is 11.3 Å². The SMILES string of the molecule is C[Si](C)(C)CCOCn1ncc2c3c4ncc(Br)cc4n([C@H](c4ccccc4)C4CCOCC4)c3ccc21.Cc1nnn(C)c1-c1cnc2c3c4cnn(COCC[Si](C)(C)C)c4ccc3n([C@H](c3ccccc3)C3CCOCC3)c2c1.Cc1nnn(C)c1C. The summed E-state index contributed by atoms with van der Waals surface area (Å²) in [6, 6.07) is 37.8. The van der Waals surface area contributed by atoms with Gasteiger partial charge in [0.25, 0.3) is 0 Å². The molecule has 4 aromatic carbocycles. The van der Waals surface area contributed by atoms with Crippen LogP contribution in [-0.2, 0) is 46.5 Å². The van der Waals surface area contributed by atoms with Gasteiger partial charge in [-0.1, -0.05) is 110 Å². The van der Waals surface area contributed by atoms with E-state index in [1.165, 1.54) is 16.6 Å². The minimum Gasteiger partial charge on any atom is -0.381 e. The molecule has 21 heteroatoms. The molecule has 2 fully saturated rings. The van der Waals surface area contributed by atoms with Crippen molar-refractivity contribution in [3.63, 3.8) is 0 Å². The first-order valence-corrected chi connectivity index (χ1v) is 40.0. The average molecular weight is 1310 g/mol. The van der Waals surface area contributed by atoms with Crippen LogP contribution < -0.4 is 0 Å². The Kier molecular flexibility index (Phi) is 18.8. The molecular weight excluding hydrogens is 1220 g/mol. The highest BCUT2D eigenvalue weighted by molar-refractivity contribution is 9.10. The van der Waals surface area contributed by atoms with E-state index in [1.54, 1.807) is 4.68 Å². The molecule has 18 nitrogen and oxygen atoms in total. The molecule has 470 valence electrons. The smallest absolute Gasteiger partial charge is 0.139 e. The lowest BCUT2D eigenvalue weighted by Crippen LogP contribution is -2.26. The standard InChI is InChI=1S/C34H41N7O2Si.C30H35BrN4O2Si.C5H9N3/c1-23-33(39(2)38-37-23)26-19-30-32(35-20-26)31-27-21-36-40(22-43-17-18-44(3,4)5)28(27)11-12-29(31)41(30)34(24-9-7-6-8-10-24)25-13-15-42-16-14-25;1-38(2,3)16-15-37-20-34-25-9-10-26-28(24(25)19-33-34)29-27(17-23(31)18-32-29)35(26)30(21-7-5-4-6-8-21)22-11-13-36-14-12-22;1-4-5(2)8(3)7-6-4/h6-12,19-21,25,34H,13-18,22H2,1-5H3;4-10,17-19,22,30H,11-16,20H2,1-3H3;1-3H3/t34-;30-;/m11./s1. The highest BCUT2D eigenvalue weighted by Gasteiger charge is 2.33. The molecule has 0 amide bonds. The number of hydrogen-bond acceptors (Lipinski definition) is 12. The second-order valence-corrected chi connectivity index (χ2v) is 38.9. The molecule has 14 rings (SSSR count). The maximum absolute atomic E-state index is 6.11. The van der Waals surface area contributed by atoms with Crippen LogP contribution in [0.25, 0.3) is 76.9 Å². The van der Waals surface area contributed by atoms with Crippen molar-refractivity contribution in [3.05, 3.63) is 155 Å². The van der Waals surface area contributed by atoms with Crippen molar-refractivity contribution in [2.75, 3.05) is 39.6 Å². The van der Waals surface area contributed by atoms with Gasteiger partial charge < -0.3 is 28.1 Å². The van der Waals surface area contributed by atoms with Crippen molar-refractivity contribution in [1.29, 1.82) is 0 Å². The molecule has 2 aliphatic heterocycles. The van der Waals surface area contributed by atoms with E-state index in [-0.39, 0.29) is 12.1 Å². The lowest BCUT2D eigenvalue weighted by atomic mass is 9.86. The Labute approximate surface area is 537 Å². The number of aromatic nitrogens is 14. The molecule has 12 aromatic rings. The molecule has 2 saturated heterocycles. The van der Waals surface area contributed by atoms with Crippen molar-refractivity contribution in [2.24, 2.45) is 25.9 Å². The van der Waals surface area contributed by atoms with E-state index in [0.29, 0.717) is 25.3 Å². The van der Waals surface area contributed by atoms with Gasteiger partial charge in [-0.2, -0.15) is 10.2 Å². The minimum absolute atomic E-state index is 0.125. The monoisotopic (exact) mass is 1310 g/mol. The van der Waals surface area contributed by atoms with Crippen molar-refractivity contribution in [2.45, 2.75) is 123 Å². The summed E-state index contributed by atoms with van der Waals surface area (Å²) in [6.07, 6.45) is 11.9. The van der Waals surface area contributed by atoms with Crippen LogP contribution in [-0.4, -0.2) is 124 Å². The van der Waals surface area contributed by atoms with Gasteiger partial charge in [0.05, 0.1) is 91.4 Å². The fraction of sp³-hybridized carbons (Fsp3) is 0.420. The number of halogens is 1. The first kappa shape index (κ1) is 62.9. The van der Waals surface area contributed by atoms with Crippen molar-refractivity contribution in [1.82, 2.24) is 68.7 Å². The molecule has 0 unspecified atom stereocenters. The molecule has 0 radical (unpaired) electrons. The van der Waals surface area contributed by atoms with E-state index in [1.807, 2.05) is 73.7 Å². The largest absolute Gasteiger partial charge is 0.381 e. The average Bonchev–Trinajstić information content (AvgIpc) is 1.58. The van der Waals surface area contributed by atoms with Gasteiger partial charge in [-0.05, 0) is 134 Å². The molecule has 0 saturated carbocycles. The zero-order chi connectivity index (χ0) is 62.8. The number of rotatable bonds is 17. The summed E-state index contributed by atoms with van der Waals surface area (Å²) in [5.41, 5.74) is 16.4. The Bertz CT molecular complexity index is 4390. The fourth-order valence-corrected chi connectivity index (χ4v) is 14.9. The number of nitrogens with zero attached hydrogens (tertiary/aromatic N) is 14. The van der Waals surface area contributed by atoms with E-state index in [0.717, 1.165) is 170 Å². The van der Waals surface area contributed by atoms with Gasteiger partial charge in [-0.3, -0.25) is 14.6 Å². The van der Waals surface area contributed by atoms with E-state index in [4.69, 9.17) is 39.1 Å². The Morgan fingerprint density at radius 3 is 1.40 bits per heavy atom. The normalized spacial score (nSPS) is 15.3. The lowest BCUT2D eigenvalue weighted by Gasteiger charge is -2.33. The van der Waals surface area contributed by atoms with Crippen LogP contribution in [0, 0.1) is 32.6 Å². The second-order valence-electron chi connectivity index (χ2n) is 26.8. The summed E-state index contributed by atoms with van der Waals surface area (Å²) in [4.78, 5) is 10.1. The molecule has 0 spiro atoms. The molecule has 0 N–H and O–H groups in total. The van der Waals surface area contributed by atoms with E-state index >= 15 is 0 Å². The van der Waals surface area contributed by atoms with E-state index in [9.17, 15) is 0 Å². The summed E-state index contributed by atoms with van der Waals surface area (Å²) in [7, 11) is 1.52. The van der Waals surface area contributed by atoms with Crippen LogP contribution in [0.4, 0.5) is 0 Å². The first-order chi connectivity index (χ1) is 43.4. The van der Waals surface area contributed by atoms with E-state index in [2.05, 4.69) is 182 Å². The zero-order valence-corrected chi connectivity index (χ0v) is 57.6. The number of aryl methyl sites for hydroxylation is 4. The number of pyridine rings is 2. The van der Waals surface area contributed by atoms with Gasteiger partial charge in [0.15, 0.2) is 0 Å². The molecule has 10 heterocycles. The number of hydrogen-bond donors (Lipinski definition) is 0. The summed E-state index contributed by atoms with van der Waals surface area (Å²) in [5.74, 6) is 0.897. The van der Waals surface area contributed by atoms with Gasteiger partial charge in [0, 0.05) is 114 Å². The van der Waals surface area contributed by atoms with Crippen molar-refractivity contribution >= 4 is 97.8 Å². The van der Waals surface area contributed by atoms with Gasteiger partial charge in [-0.15, -0.1) is 10.2 Å².